The quantitative estimate of drug-likeness (QED) is 0.804. The number of nitrogens with zero attached hydrogens (tertiary/aromatic N) is 6. The van der Waals surface area contributed by atoms with Crippen LogP contribution in [0.25, 0.3) is 11.3 Å². The second kappa shape index (κ2) is 6.33. The van der Waals surface area contributed by atoms with E-state index in [9.17, 15) is 0 Å². The normalized spacial score (nSPS) is 22.2. The highest BCUT2D eigenvalue weighted by Gasteiger charge is 2.36. The molecule has 0 bridgehead atoms. The molecule has 5 heterocycles. The molecule has 9 nitrogen and oxygen atoms in total. The van der Waals surface area contributed by atoms with Crippen molar-refractivity contribution in [3.05, 3.63) is 18.0 Å². The molecule has 3 aliphatic rings. The zero-order valence-electron chi connectivity index (χ0n) is 14.5. The standard InChI is InChI=1S/C17H21N7O2/c18-16-19-8-11(9-20-16)14-13-7-12-10-26-6-3-24(12)15(13)22-17(21-14)23-1-4-25-5-2-23/h8-9,12H,1-7,10H2,(H2,18,19,20). The molecule has 26 heavy (non-hydrogen) atoms. The Morgan fingerprint density at radius 2 is 1.77 bits per heavy atom. The van der Waals surface area contributed by atoms with Gasteiger partial charge < -0.3 is 25.0 Å². The topological polar surface area (TPSA) is 103 Å². The number of hydrogen-bond acceptors (Lipinski definition) is 9. The van der Waals surface area contributed by atoms with Crippen LogP contribution in [0.3, 0.4) is 0 Å². The van der Waals surface area contributed by atoms with Crippen LogP contribution in [0.2, 0.25) is 0 Å². The Bertz CT molecular complexity index is 808. The lowest BCUT2D eigenvalue weighted by Crippen LogP contribution is -2.43. The van der Waals surface area contributed by atoms with Crippen LogP contribution in [0.15, 0.2) is 12.4 Å². The fourth-order valence-corrected chi connectivity index (χ4v) is 3.83. The molecule has 2 saturated heterocycles. The Hall–Kier alpha value is -2.52. The van der Waals surface area contributed by atoms with Crippen LogP contribution in [0, 0.1) is 0 Å². The number of anilines is 3. The van der Waals surface area contributed by atoms with Crippen molar-refractivity contribution in [3.8, 4) is 11.3 Å². The maximum atomic E-state index is 5.66. The van der Waals surface area contributed by atoms with E-state index in [0.717, 1.165) is 67.9 Å². The highest BCUT2D eigenvalue weighted by Crippen LogP contribution is 2.38. The molecule has 9 heteroatoms. The predicted molar refractivity (Wildman–Crippen MR) is 96.2 cm³/mol. The molecule has 0 saturated carbocycles. The Balaban J connectivity index is 1.62. The summed E-state index contributed by atoms with van der Waals surface area (Å²) in [5.74, 6) is 2.02. The molecule has 2 aromatic heterocycles. The smallest absolute Gasteiger partial charge is 0.228 e. The van der Waals surface area contributed by atoms with Crippen LogP contribution in [0.5, 0.6) is 0 Å². The van der Waals surface area contributed by atoms with Gasteiger partial charge in [-0.15, -0.1) is 0 Å². The summed E-state index contributed by atoms with van der Waals surface area (Å²) >= 11 is 0. The van der Waals surface area contributed by atoms with Crippen molar-refractivity contribution in [1.82, 2.24) is 19.9 Å². The number of ether oxygens (including phenoxy) is 2. The molecule has 2 fully saturated rings. The van der Waals surface area contributed by atoms with Gasteiger partial charge in [-0.05, 0) is 0 Å². The van der Waals surface area contributed by atoms with Crippen LogP contribution >= 0.6 is 0 Å². The van der Waals surface area contributed by atoms with Crippen molar-refractivity contribution < 1.29 is 9.47 Å². The maximum absolute atomic E-state index is 5.66. The van der Waals surface area contributed by atoms with Crippen molar-refractivity contribution in [2.24, 2.45) is 0 Å². The number of morpholine rings is 2. The van der Waals surface area contributed by atoms with Crippen LogP contribution < -0.4 is 15.5 Å². The van der Waals surface area contributed by atoms with E-state index in [-0.39, 0.29) is 5.95 Å². The van der Waals surface area contributed by atoms with Crippen LogP contribution in [0.1, 0.15) is 5.56 Å². The summed E-state index contributed by atoms with van der Waals surface area (Å²) in [6.07, 6.45) is 4.35. The zero-order valence-corrected chi connectivity index (χ0v) is 14.5. The van der Waals surface area contributed by atoms with Gasteiger partial charge in [0, 0.05) is 49.6 Å². The summed E-state index contributed by atoms with van der Waals surface area (Å²) in [6, 6.07) is 0.321. The Morgan fingerprint density at radius 1 is 1.00 bits per heavy atom. The largest absolute Gasteiger partial charge is 0.378 e. The van der Waals surface area contributed by atoms with Crippen molar-refractivity contribution in [2.75, 3.05) is 61.6 Å². The van der Waals surface area contributed by atoms with Gasteiger partial charge in [-0.25, -0.2) is 15.0 Å². The average molecular weight is 355 g/mol. The molecule has 1 unspecified atom stereocenters. The highest BCUT2D eigenvalue weighted by atomic mass is 16.5. The van der Waals surface area contributed by atoms with E-state index in [1.165, 1.54) is 0 Å². The number of aromatic nitrogens is 4. The molecule has 136 valence electrons. The van der Waals surface area contributed by atoms with Crippen molar-refractivity contribution in [3.63, 3.8) is 0 Å². The summed E-state index contributed by atoms with van der Waals surface area (Å²) in [4.78, 5) is 22.7. The first-order chi connectivity index (χ1) is 12.8. The molecule has 0 radical (unpaired) electrons. The average Bonchev–Trinajstić information content (AvgIpc) is 3.07. The molecule has 3 aliphatic heterocycles. The molecule has 1 atom stereocenters. The van der Waals surface area contributed by atoms with E-state index in [1.807, 2.05) is 0 Å². The maximum Gasteiger partial charge on any atom is 0.228 e. The van der Waals surface area contributed by atoms with Gasteiger partial charge in [0.1, 0.15) is 5.82 Å². The third-order valence-electron chi connectivity index (χ3n) is 5.15. The van der Waals surface area contributed by atoms with E-state index in [1.54, 1.807) is 12.4 Å². The number of nitrogen functional groups attached to an aromatic ring is 1. The van der Waals surface area contributed by atoms with E-state index in [4.69, 9.17) is 25.2 Å². The third-order valence-corrected chi connectivity index (χ3v) is 5.15. The zero-order chi connectivity index (χ0) is 17.5. The van der Waals surface area contributed by atoms with Crippen LogP contribution in [0.4, 0.5) is 17.7 Å². The lowest BCUT2D eigenvalue weighted by molar-refractivity contribution is 0.0974. The summed E-state index contributed by atoms with van der Waals surface area (Å²) in [6.45, 7) is 5.29. The molecule has 0 aromatic carbocycles. The van der Waals surface area contributed by atoms with Gasteiger partial charge in [-0.1, -0.05) is 0 Å². The van der Waals surface area contributed by atoms with Gasteiger partial charge in [0.2, 0.25) is 11.9 Å². The monoisotopic (exact) mass is 355 g/mol. The number of rotatable bonds is 2. The van der Waals surface area contributed by atoms with E-state index >= 15 is 0 Å². The molecule has 0 spiro atoms. The molecular formula is C17H21N7O2. The Kier molecular flexibility index (Phi) is 3.83. The second-order valence-electron chi connectivity index (χ2n) is 6.73. The molecule has 2 aromatic rings. The molecule has 2 N–H and O–H groups in total. The lowest BCUT2D eigenvalue weighted by Gasteiger charge is -2.32. The summed E-state index contributed by atoms with van der Waals surface area (Å²) < 4.78 is 11.1. The SMILES string of the molecule is Nc1ncc(-c2nc(N3CCOCC3)nc3c2CC2COCCN32)cn1. The summed E-state index contributed by atoms with van der Waals surface area (Å²) in [7, 11) is 0. The third kappa shape index (κ3) is 2.63. The van der Waals surface area contributed by atoms with Crippen molar-refractivity contribution >= 4 is 17.7 Å². The second-order valence-corrected chi connectivity index (χ2v) is 6.73. The fourth-order valence-electron chi connectivity index (χ4n) is 3.83. The minimum absolute atomic E-state index is 0.263. The Labute approximate surface area is 151 Å². The van der Waals surface area contributed by atoms with E-state index in [0.29, 0.717) is 19.3 Å². The van der Waals surface area contributed by atoms with E-state index in [2.05, 4.69) is 19.8 Å². The highest BCUT2D eigenvalue weighted by molar-refractivity contribution is 5.73. The lowest BCUT2D eigenvalue weighted by atomic mass is 10.1. The summed E-state index contributed by atoms with van der Waals surface area (Å²) in [5, 5.41) is 0. The van der Waals surface area contributed by atoms with Gasteiger partial charge in [0.25, 0.3) is 0 Å². The first-order valence-electron chi connectivity index (χ1n) is 8.95. The first-order valence-corrected chi connectivity index (χ1v) is 8.95. The van der Waals surface area contributed by atoms with Crippen molar-refractivity contribution in [2.45, 2.75) is 12.5 Å². The number of nitrogens with two attached hydrogens (primary N) is 1. The van der Waals surface area contributed by atoms with Gasteiger partial charge in [0.15, 0.2) is 0 Å². The molecule has 0 aliphatic carbocycles. The van der Waals surface area contributed by atoms with Crippen LogP contribution in [-0.2, 0) is 15.9 Å². The van der Waals surface area contributed by atoms with Gasteiger partial charge >= 0.3 is 0 Å². The molecule has 0 amide bonds. The van der Waals surface area contributed by atoms with Gasteiger partial charge in [-0.2, -0.15) is 4.98 Å². The van der Waals surface area contributed by atoms with Crippen molar-refractivity contribution in [1.29, 1.82) is 0 Å². The predicted octanol–water partition coefficient (Wildman–Crippen LogP) is 0.114. The van der Waals surface area contributed by atoms with Gasteiger partial charge in [-0.3, -0.25) is 0 Å². The van der Waals surface area contributed by atoms with Gasteiger partial charge in [0.05, 0.1) is 38.2 Å². The molecular weight excluding hydrogens is 334 g/mol. The molecule has 5 rings (SSSR count). The minimum Gasteiger partial charge on any atom is -0.378 e. The number of fused-ring (bicyclic) bond motifs is 3. The number of hydrogen-bond donors (Lipinski definition) is 1. The first kappa shape index (κ1) is 15.7. The minimum atomic E-state index is 0.263. The van der Waals surface area contributed by atoms with Crippen LogP contribution in [-0.4, -0.2) is 72.0 Å². The summed E-state index contributed by atoms with van der Waals surface area (Å²) in [5.41, 5.74) is 8.57. The Morgan fingerprint density at radius 3 is 2.58 bits per heavy atom. The fraction of sp³-hybridized carbons (Fsp3) is 0.529. The van der Waals surface area contributed by atoms with E-state index < -0.39 is 0 Å².